The number of aromatic nitrogens is 5. The molecule has 6 heteroatoms. The number of ketones is 1. The van der Waals surface area contributed by atoms with Gasteiger partial charge >= 0.3 is 0 Å². The molecule has 1 fully saturated rings. The molecule has 6 nitrogen and oxygen atoms in total. The SMILES string of the molecule is Cn1cc(/C=C/C(=O)c2cnnn2C)c(C2CCCCC2)n1. The molecule has 0 bridgehead atoms. The van der Waals surface area contributed by atoms with Crippen LogP contribution in [0.5, 0.6) is 0 Å². The van der Waals surface area contributed by atoms with Gasteiger partial charge in [0.1, 0.15) is 5.69 Å². The van der Waals surface area contributed by atoms with Crippen LogP contribution in [-0.4, -0.2) is 30.6 Å². The lowest BCUT2D eigenvalue weighted by atomic mass is 9.85. The number of hydrogen-bond donors (Lipinski definition) is 0. The van der Waals surface area contributed by atoms with Gasteiger partial charge in [-0.05, 0) is 25.0 Å². The molecule has 1 aliphatic carbocycles. The predicted octanol–water partition coefficient (Wildman–Crippen LogP) is 2.49. The van der Waals surface area contributed by atoms with Crippen LogP contribution in [0.25, 0.3) is 6.08 Å². The lowest BCUT2D eigenvalue weighted by Crippen LogP contribution is -2.07. The summed E-state index contributed by atoms with van der Waals surface area (Å²) in [4.78, 5) is 12.2. The average molecular weight is 299 g/mol. The Hall–Kier alpha value is -2.24. The Bertz CT molecular complexity index is 691. The molecular weight excluding hydrogens is 278 g/mol. The molecule has 2 heterocycles. The van der Waals surface area contributed by atoms with E-state index in [0.717, 1.165) is 11.3 Å². The van der Waals surface area contributed by atoms with Crippen LogP contribution in [0.2, 0.25) is 0 Å². The number of allylic oxidation sites excluding steroid dienone is 1. The Morgan fingerprint density at radius 3 is 2.73 bits per heavy atom. The van der Waals surface area contributed by atoms with Crippen molar-refractivity contribution in [2.45, 2.75) is 38.0 Å². The van der Waals surface area contributed by atoms with Crippen LogP contribution in [-0.2, 0) is 14.1 Å². The van der Waals surface area contributed by atoms with Crippen molar-refractivity contribution in [3.8, 4) is 0 Å². The summed E-state index contributed by atoms with van der Waals surface area (Å²) in [6, 6.07) is 0. The Kier molecular flexibility index (Phi) is 4.18. The minimum Gasteiger partial charge on any atom is -0.287 e. The largest absolute Gasteiger partial charge is 0.287 e. The van der Waals surface area contributed by atoms with E-state index in [4.69, 9.17) is 0 Å². The van der Waals surface area contributed by atoms with E-state index in [1.807, 2.05) is 24.0 Å². The standard InChI is InChI=1S/C16H21N5O/c1-20-11-13(16(18-20)12-6-4-3-5-7-12)8-9-15(22)14-10-17-19-21(14)2/h8-12H,3-7H2,1-2H3/b9-8+. The molecule has 0 aromatic carbocycles. The predicted molar refractivity (Wildman–Crippen MR) is 83.4 cm³/mol. The van der Waals surface area contributed by atoms with Gasteiger partial charge in [0.2, 0.25) is 5.78 Å². The molecule has 0 atom stereocenters. The van der Waals surface area contributed by atoms with Gasteiger partial charge in [-0.1, -0.05) is 24.5 Å². The summed E-state index contributed by atoms with van der Waals surface area (Å²) in [5.74, 6) is 0.425. The van der Waals surface area contributed by atoms with Crippen LogP contribution in [0.4, 0.5) is 0 Å². The minimum absolute atomic E-state index is 0.0917. The van der Waals surface area contributed by atoms with E-state index >= 15 is 0 Å². The van der Waals surface area contributed by atoms with E-state index < -0.39 is 0 Å². The van der Waals surface area contributed by atoms with Crippen LogP contribution < -0.4 is 0 Å². The first-order chi connectivity index (χ1) is 10.6. The van der Waals surface area contributed by atoms with Crippen LogP contribution >= 0.6 is 0 Å². The molecular formula is C16H21N5O. The Labute approximate surface area is 129 Å². The van der Waals surface area contributed by atoms with Crippen molar-refractivity contribution in [1.82, 2.24) is 24.8 Å². The van der Waals surface area contributed by atoms with E-state index in [1.165, 1.54) is 43.0 Å². The fraction of sp³-hybridized carbons (Fsp3) is 0.500. The summed E-state index contributed by atoms with van der Waals surface area (Å²) in [6.45, 7) is 0. The average Bonchev–Trinajstić information content (AvgIpc) is 3.11. The van der Waals surface area contributed by atoms with Crippen molar-refractivity contribution in [3.05, 3.63) is 35.4 Å². The van der Waals surface area contributed by atoms with Crippen molar-refractivity contribution in [2.24, 2.45) is 14.1 Å². The maximum absolute atomic E-state index is 12.2. The van der Waals surface area contributed by atoms with E-state index in [-0.39, 0.29) is 5.78 Å². The van der Waals surface area contributed by atoms with E-state index in [9.17, 15) is 4.79 Å². The zero-order valence-electron chi connectivity index (χ0n) is 13.1. The zero-order chi connectivity index (χ0) is 15.5. The summed E-state index contributed by atoms with van der Waals surface area (Å²) < 4.78 is 3.32. The van der Waals surface area contributed by atoms with Gasteiger partial charge in [0.15, 0.2) is 0 Å². The summed E-state index contributed by atoms with van der Waals surface area (Å²) >= 11 is 0. The number of nitrogens with zero attached hydrogens (tertiary/aromatic N) is 5. The molecule has 0 spiro atoms. The number of aryl methyl sites for hydroxylation is 2. The molecule has 2 aromatic heterocycles. The van der Waals surface area contributed by atoms with E-state index in [2.05, 4.69) is 15.4 Å². The highest BCUT2D eigenvalue weighted by Crippen LogP contribution is 2.33. The smallest absolute Gasteiger partial charge is 0.205 e. The van der Waals surface area contributed by atoms with Gasteiger partial charge in [0.25, 0.3) is 0 Å². The topological polar surface area (TPSA) is 65.6 Å². The van der Waals surface area contributed by atoms with Crippen LogP contribution in [0.15, 0.2) is 18.5 Å². The first-order valence-corrected chi connectivity index (χ1v) is 7.76. The first-order valence-electron chi connectivity index (χ1n) is 7.76. The molecule has 3 rings (SSSR count). The number of rotatable bonds is 4. The van der Waals surface area contributed by atoms with Crippen molar-refractivity contribution in [1.29, 1.82) is 0 Å². The highest BCUT2D eigenvalue weighted by molar-refractivity contribution is 6.05. The normalized spacial score (nSPS) is 16.5. The van der Waals surface area contributed by atoms with Gasteiger partial charge in [-0.2, -0.15) is 5.10 Å². The van der Waals surface area contributed by atoms with Gasteiger partial charge < -0.3 is 0 Å². The molecule has 0 aliphatic heterocycles. The molecule has 0 amide bonds. The Morgan fingerprint density at radius 2 is 2.05 bits per heavy atom. The van der Waals surface area contributed by atoms with Gasteiger partial charge in [0.05, 0.1) is 11.9 Å². The van der Waals surface area contributed by atoms with Gasteiger partial charge in [-0.25, -0.2) is 4.68 Å². The van der Waals surface area contributed by atoms with E-state index in [0.29, 0.717) is 11.6 Å². The van der Waals surface area contributed by atoms with Gasteiger partial charge in [-0.3, -0.25) is 9.48 Å². The highest BCUT2D eigenvalue weighted by Gasteiger charge is 2.20. The third-order valence-corrected chi connectivity index (χ3v) is 4.26. The fourth-order valence-electron chi connectivity index (χ4n) is 3.11. The summed E-state index contributed by atoms with van der Waals surface area (Å²) in [7, 11) is 3.64. The molecule has 22 heavy (non-hydrogen) atoms. The number of carbonyl (C=O) groups is 1. The number of hydrogen-bond acceptors (Lipinski definition) is 4. The van der Waals surface area contributed by atoms with Gasteiger partial charge in [0, 0.05) is 31.8 Å². The van der Waals surface area contributed by atoms with Gasteiger partial charge in [-0.15, -0.1) is 5.10 Å². The monoisotopic (exact) mass is 299 g/mol. The zero-order valence-corrected chi connectivity index (χ0v) is 13.1. The van der Waals surface area contributed by atoms with Crippen LogP contribution in [0.1, 0.15) is 59.8 Å². The molecule has 1 saturated carbocycles. The minimum atomic E-state index is -0.0917. The quantitative estimate of drug-likeness (QED) is 0.642. The summed E-state index contributed by atoms with van der Waals surface area (Å²) in [5, 5.41) is 12.1. The van der Waals surface area contributed by atoms with Crippen LogP contribution in [0, 0.1) is 0 Å². The molecule has 0 N–H and O–H groups in total. The second-order valence-corrected chi connectivity index (χ2v) is 5.92. The first kappa shape index (κ1) is 14.7. The summed E-state index contributed by atoms with van der Waals surface area (Å²) in [6.07, 6.45) is 13.2. The summed E-state index contributed by atoms with van der Waals surface area (Å²) in [5.41, 5.74) is 2.65. The van der Waals surface area contributed by atoms with Crippen LogP contribution in [0.3, 0.4) is 0 Å². The maximum Gasteiger partial charge on any atom is 0.205 e. The van der Waals surface area contributed by atoms with Crippen molar-refractivity contribution < 1.29 is 4.79 Å². The molecule has 0 unspecified atom stereocenters. The molecule has 0 radical (unpaired) electrons. The van der Waals surface area contributed by atoms with Crippen molar-refractivity contribution in [2.75, 3.05) is 0 Å². The molecule has 2 aromatic rings. The van der Waals surface area contributed by atoms with E-state index in [1.54, 1.807) is 13.1 Å². The third-order valence-electron chi connectivity index (χ3n) is 4.26. The second kappa shape index (κ2) is 6.25. The third kappa shape index (κ3) is 3.00. The van der Waals surface area contributed by atoms with Crippen molar-refractivity contribution in [3.63, 3.8) is 0 Å². The lowest BCUT2D eigenvalue weighted by Gasteiger charge is -2.20. The maximum atomic E-state index is 12.2. The second-order valence-electron chi connectivity index (χ2n) is 5.92. The lowest BCUT2D eigenvalue weighted by molar-refractivity contribution is 0.103. The molecule has 0 saturated heterocycles. The molecule has 1 aliphatic rings. The molecule has 116 valence electrons. The van der Waals surface area contributed by atoms with Crippen molar-refractivity contribution >= 4 is 11.9 Å². The highest BCUT2D eigenvalue weighted by atomic mass is 16.1. The Balaban J connectivity index is 1.81. The number of carbonyl (C=O) groups excluding carboxylic acids is 1. The Morgan fingerprint density at radius 1 is 1.27 bits per heavy atom. The fourth-order valence-corrected chi connectivity index (χ4v) is 3.11.